The highest BCUT2D eigenvalue weighted by atomic mass is 32.2. The standard InChI is InChI=1S/C25H26N2O2S/c1-4-14-26-24(28)23(30-25(26)29)16-21-15-17(2)27(18(21)3)22-12-10-20(11-13-22)19-8-6-5-7-9-19/h1,10-13,15-16,19H,5-9,14H2,2-3H3/b23-16-. The van der Waals surface area contributed by atoms with E-state index in [1.165, 1.54) is 37.7 Å². The van der Waals surface area contributed by atoms with Crippen molar-refractivity contribution in [2.45, 2.75) is 51.9 Å². The van der Waals surface area contributed by atoms with Crippen molar-refractivity contribution in [2.24, 2.45) is 0 Å². The van der Waals surface area contributed by atoms with E-state index in [1.807, 2.05) is 6.92 Å². The van der Waals surface area contributed by atoms with Crippen molar-refractivity contribution in [3.05, 3.63) is 57.8 Å². The monoisotopic (exact) mass is 418 g/mol. The van der Waals surface area contributed by atoms with E-state index in [0.717, 1.165) is 39.3 Å². The van der Waals surface area contributed by atoms with Gasteiger partial charge >= 0.3 is 0 Å². The number of hydrogen-bond donors (Lipinski definition) is 0. The van der Waals surface area contributed by atoms with Gasteiger partial charge in [-0.05, 0) is 79.8 Å². The molecule has 1 aliphatic heterocycles. The molecule has 1 aromatic heterocycles. The molecular weight excluding hydrogens is 392 g/mol. The molecule has 4 nitrogen and oxygen atoms in total. The first-order valence-electron chi connectivity index (χ1n) is 10.5. The number of aryl methyl sites for hydroxylation is 1. The number of aromatic nitrogens is 1. The van der Waals surface area contributed by atoms with Crippen molar-refractivity contribution in [3.63, 3.8) is 0 Å². The zero-order chi connectivity index (χ0) is 21.3. The van der Waals surface area contributed by atoms with Crippen LogP contribution in [-0.2, 0) is 4.79 Å². The van der Waals surface area contributed by atoms with Crippen molar-refractivity contribution in [2.75, 3.05) is 6.54 Å². The number of terminal acetylenes is 1. The summed E-state index contributed by atoms with van der Waals surface area (Å²) in [6.45, 7) is 4.11. The summed E-state index contributed by atoms with van der Waals surface area (Å²) in [7, 11) is 0. The minimum atomic E-state index is -0.315. The summed E-state index contributed by atoms with van der Waals surface area (Å²) in [4.78, 5) is 26.1. The molecule has 0 N–H and O–H groups in total. The third-order valence-corrected chi connectivity index (χ3v) is 7.02. The Balaban J connectivity index is 1.61. The number of hydrogen-bond acceptors (Lipinski definition) is 3. The van der Waals surface area contributed by atoms with Crippen LogP contribution in [0.1, 0.15) is 60.5 Å². The summed E-state index contributed by atoms with van der Waals surface area (Å²) in [5, 5.41) is -0.309. The number of nitrogens with zero attached hydrogens (tertiary/aromatic N) is 2. The largest absolute Gasteiger partial charge is 0.318 e. The summed E-state index contributed by atoms with van der Waals surface area (Å²) >= 11 is 0.948. The van der Waals surface area contributed by atoms with E-state index in [1.54, 1.807) is 6.08 Å². The van der Waals surface area contributed by atoms with Gasteiger partial charge in [-0.2, -0.15) is 0 Å². The van der Waals surface area contributed by atoms with Crippen LogP contribution in [0.25, 0.3) is 11.8 Å². The van der Waals surface area contributed by atoms with Gasteiger partial charge in [0.25, 0.3) is 11.1 Å². The third-order valence-electron chi connectivity index (χ3n) is 6.11. The van der Waals surface area contributed by atoms with Crippen molar-refractivity contribution in [3.8, 4) is 18.0 Å². The molecule has 2 aromatic rings. The summed E-state index contributed by atoms with van der Waals surface area (Å²) < 4.78 is 2.20. The Bertz CT molecular complexity index is 1050. The van der Waals surface area contributed by atoms with Crippen molar-refractivity contribution in [1.82, 2.24) is 9.47 Å². The van der Waals surface area contributed by atoms with Crippen LogP contribution in [0.15, 0.2) is 35.2 Å². The maximum Gasteiger partial charge on any atom is 0.294 e. The predicted octanol–water partition coefficient (Wildman–Crippen LogP) is 5.81. The molecule has 0 unspecified atom stereocenters. The van der Waals surface area contributed by atoms with Crippen molar-refractivity contribution >= 4 is 29.0 Å². The third kappa shape index (κ3) is 3.85. The zero-order valence-electron chi connectivity index (χ0n) is 17.5. The molecule has 2 amide bonds. The molecule has 1 aliphatic carbocycles. The highest BCUT2D eigenvalue weighted by Gasteiger charge is 2.34. The Morgan fingerprint density at radius 2 is 1.83 bits per heavy atom. The molecule has 1 saturated heterocycles. The maximum atomic E-state index is 12.5. The van der Waals surface area contributed by atoms with Gasteiger partial charge < -0.3 is 4.57 Å². The smallest absolute Gasteiger partial charge is 0.294 e. The Labute approximate surface area is 182 Å². The van der Waals surface area contributed by atoms with E-state index in [-0.39, 0.29) is 17.7 Å². The normalized spacial score (nSPS) is 19.0. The second-order valence-electron chi connectivity index (χ2n) is 8.06. The molecule has 2 heterocycles. The number of rotatable bonds is 4. The fourth-order valence-corrected chi connectivity index (χ4v) is 5.36. The van der Waals surface area contributed by atoms with Crippen LogP contribution in [-0.4, -0.2) is 27.2 Å². The SMILES string of the molecule is C#CCN1C(=O)S/C(=C\c2cc(C)n(-c3ccc(C4CCCCC4)cc3)c2C)C1=O. The Morgan fingerprint density at radius 1 is 1.13 bits per heavy atom. The van der Waals surface area contributed by atoms with Gasteiger partial charge in [0.1, 0.15) is 0 Å². The lowest BCUT2D eigenvalue weighted by atomic mass is 9.84. The Morgan fingerprint density at radius 3 is 2.50 bits per heavy atom. The molecular formula is C25H26N2O2S. The van der Waals surface area contributed by atoms with E-state index in [0.29, 0.717) is 10.8 Å². The van der Waals surface area contributed by atoms with Crippen LogP contribution in [0, 0.1) is 26.2 Å². The van der Waals surface area contributed by atoms with E-state index >= 15 is 0 Å². The van der Waals surface area contributed by atoms with Crippen molar-refractivity contribution in [1.29, 1.82) is 0 Å². The van der Waals surface area contributed by atoms with E-state index in [4.69, 9.17) is 6.42 Å². The molecule has 0 spiro atoms. The van der Waals surface area contributed by atoms with Gasteiger partial charge in [0.15, 0.2) is 0 Å². The van der Waals surface area contributed by atoms with E-state index in [9.17, 15) is 9.59 Å². The van der Waals surface area contributed by atoms with Crippen LogP contribution in [0.3, 0.4) is 0 Å². The van der Waals surface area contributed by atoms with Gasteiger partial charge in [-0.25, -0.2) is 0 Å². The molecule has 1 aromatic carbocycles. The minimum absolute atomic E-state index is 0.00830. The lowest BCUT2D eigenvalue weighted by Gasteiger charge is -2.22. The molecule has 154 valence electrons. The zero-order valence-corrected chi connectivity index (χ0v) is 18.3. The number of carbonyl (C=O) groups excluding carboxylic acids is 2. The second-order valence-corrected chi connectivity index (χ2v) is 9.05. The highest BCUT2D eigenvalue weighted by Crippen LogP contribution is 2.35. The average molecular weight is 419 g/mol. The Kier molecular flexibility index (Phi) is 5.87. The number of thioether (sulfide) groups is 1. The van der Waals surface area contributed by atoms with Crippen LogP contribution >= 0.6 is 11.8 Å². The van der Waals surface area contributed by atoms with E-state index < -0.39 is 0 Å². The van der Waals surface area contributed by atoms with Gasteiger partial charge in [0, 0.05) is 17.1 Å². The van der Waals surface area contributed by atoms with Crippen LogP contribution in [0.5, 0.6) is 0 Å². The molecule has 5 heteroatoms. The van der Waals surface area contributed by atoms with Gasteiger partial charge in [-0.3, -0.25) is 14.5 Å². The van der Waals surface area contributed by atoms with Gasteiger partial charge in [-0.15, -0.1) is 6.42 Å². The van der Waals surface area contributed by atoms with Gasteiger partial charge in [0.05, 0.1) is 11.4 Å². The summed E-state index contributed by atoms with van der Waals surface area (Å²) in [6, 6.07) is 11.0. The molecule has 1 saturated carbocycles. The van der Waals surface area contributed by atoms with Crippen LogP contribution < -0.4 is 0 Å². The number of amides is 2. The quantitative estimate of drug-likeness (QED) is 0.465. The van der Waals surface area contributed by atoms with Crippen LogP contribution in [0.4, 0.5) is 4.79 Å². The molecule has 0 radical (unpaired) electrons. The first kappa shape index (κ1) is 20.6. The van der Waals surface area contributed by atoms with Crippen molar-refractivity contribution < 1.29 is 9.59 Å². The fourth-order valence-electron chi connectivity index (χ4n) is 4.53. The lowest BCUT2D eigenvalue weighted by molar-refractivity contribution is -0.122. The number of carbonyl (C=O) groups is 2. The summed E-state index contributed by atoms with van der Waals surface area (Å²) in [5.41, 5.74) is 5.62. The molecule has 2 aliphatic rings. The lowest BCUT2D eigenvalue weighted by Crippen LogP contribution is -2.28. The first-order chi connectivity index (χ1) is 14.5. The number of imide groups is 1. The van der Waals surface area contributed by atoms with E-state index in [2.05, 4.69) is 47.7 Å². The number of benzene rings is 1. The fraction of sp³-hybridized carbons (Fsp3) is 0.360. The molecule has 0 bridgehead atoms. The first-order valence-corrected chi connectivity index (χ1v) is 11.3. The summed E-state index contributed by atoms with van der Waals surface area (Å²) in [5.74, 6) is 2.74. The molecule has 30 heavy (non-hydrogen) atoms. The highest BCUT2D eigenvalue weighted by molar-refractivity contribution is 8.18. The second kappa shape index (κ2) is 8.57. The average Bonchev–Trinajstić information content (AvgIpc) is 3.18. The predicted molar refractivity (Wildman–Crippen MR) is 123 cm³/mol. The van der Waals surface area contributed by atoms with Gasteiger partial charge in [-0.1, -0.05) is 37.3 Å². The topological polar surface area (TPSA) is 42.3 Å². The molecule has 2 fully saturated rings. The summed E-state index contributed by atoms with van der Waals surface area (Å²) in [6.07, 6.45) is 13.7. The molecule has 0 atom stereocenters. The Hall–Kier alpha value is -2.71. The van der Waals surface area contributed by atoms with Crippen LogP contribution in [0.2, 0.25) is 0 Å². The molecule has 4 rings (SSSR count). The minimum Gasteiger partial charge on any atom is -0.318 e. The maximum absolute atomic E-state index is 12.5. The van der Waals surface area contributed by atoms with Gasteiger partial charge in [0.2, 0.25) is 0 Å².